The second-order valence-corrected chi connectivity index (χ2v) is 9.33. The Kier molecular flexibility index (Phi) is 14.1. The fourth-order valence-corrected chi connectivity index (χ4v) is 3.97. The highest BCUT2D eigenvalue weighted by Gasteiger charge is 2.26. The minimum Gasteiger partial charge on any atom is -0.370 e. The third-order valence-corrected chi connectivity index (χ3v) is 6.05. The molecule has 2 atom stereocenters. The quantitative estimate of drug-likeness (QED) is 0.0870. The van der Waals surface area contributed by atoms with Crippen LogP contribution in [0.15, 0.2) is 59.6 Å². The van der Waals surface area contributed by atoms with E-state index in [4.69, 9.17) is 22.9 Å². The second kappa shape index (κ2) is 17.5. The predicted octanol–water partition coefficient (Wildman–Crippen LogP) is 0.678. The lowest BCUT2D eigenvalue weighted by Gasteiger charge is -2.23. The lowest BCUT2D eigenvalue weighted by atomic mass is 10.0. The van der Waals surface area contributed by atoms with Crippen LogP contribution in [-0.2, 0) is 27.3 Å². The number of benzene rings is 2. The number of nitrogens with one attached hydrogen (secondary N) is 3. The number of unbranched alkanes of at least 4 members (excludes halogenated alkanes) is 2. The molecule has 2 aromatic carbocycles. The maximum absolute atomic E-state index is 13.3. The molecule has 0 bridgehead atoms. The smallest absolute Gasteiger partial charge is 0.243 e. The van der Waals surface area contributed by atoms with Crippen LogP contribution >= 0.6 is 0 Å². The molecule has 11 nitrogen and oxygen atoms in total. The molecular formula is C28H42N8O3. The molecule has 0 saturated heterocycles. The molecule has 0 aliphatic heterocycles. The summed E-state index contributed by atoms with van der Waals surface area (Å²) >= 11 is 0. The molecule has 0 aliphatic carbocycles. The van der Waals surface area contributed by atoms with Crippen molar-refractivity contribution in [1.29, 1.82) is 0 Å². The number of guanidine groups is 1. The van der Waals surface area contributed by atoms with Crippen LogP contribution in [0.2, 0.25) is 0 Å². The zero-order chi connectivity index (χ0) is 28.5. The number of carbonyl (C=O) groups is 3. The monoisotopic (exact) mass is 538 g/mol. The Morgan fingerprint density at radius 2 is 1.31 bits per heavy atom. The molecule has 212 valence electrons. The van der Waals surface area contributed by atoms with Crippen LogP contribution in [0.5, 0.6) is 0 Å². The number of aliphatic imine (C=N–C) groups is 1. The Labute approximate surface area is 230 Å². The van der Waals surface area contributed by atoms with Gasteiger partial charge in [0, 0.05) is 6.54 Å². The van der Waals surface area contributed by atoms with E-state index in [0.717, 1.165) is 24.0 Å². The van der Waals surface area contributed by atoms with Gasteiger partial charge in [-0.1, -0.05) is 42.5 Å². The molecule has 39 heavy (non-hydrogen) atoms. The number of hydrogen-bond donors (Lipinski definition) is 7. The minimum absolute atomic E-state index is 0.0373. The summed E-state index contributed by atoms with van der Waals surface area (Å²) < 4.78 is 0. The van der Waals surface area contributed by atoms with Crippen LogP contribution in [0, 0.1) is 0 Å². The van der Waals surface area contributed by atoms with Gasteiger partial charge in [-0.15, -0.1) is 0 Å². The fourth-order valence-electron chi connectivity index (χ4n) is 3.97. The summed E-state index contributed by atoms with van der Waals surface area (Å²) in [6.45, 7) is 1.24. The van der Waals surface area contributed by atoms with Gasteiger partial charge in [-0.05, 0) is 74.9 Å². The first-order chi connectivity index (χ1) is 18.8. The van der Waals surface area contributed by atoms with Crippen LogP contribution in [0.3, 0.4) is 0 Å². The van der Waals surface area contributed by atoms with Gasteiger partial charge in [-0.2, -0.15) is 0 Å². The molecule has 0 fully saturated rings. The summed E-state index contributed by atoms with van der Waals surface area (Å²) in [5, 5.41) is 8.58. The fraction of sp³-hybridized carbons (Fsp3) is 0.429. The zero-order valence-corrected chi connectivity index (χ0v) is 22.4. The van der Waals surface area contributed by atoms with E-state index in [1.807, 2.05) is 30.3 Å². The molecule has 0 heterocycles. The first kappa shape index (κ1) is 31.3. The first-order valence-electron chi connectivity index (χ1n) is 13.3. The van der Waals surface area contributed by atoms with E-state index >= 15 is 0 Å². The van der Waals surface area contributed by atoms with Crippen molar-refractivity contribution in [2.75, 3.05) is 13.1 Å². The van der Waals surface area contributed by atoms with Crippen molar-refractivity contribution in [3.63, 3.8) is 0 Å². The Morgan fingerprint density at radius 1 is 0.718 bits per heavy atom. The number of carbonyl (C=O) groups excluding carboxylic acids is 3. The summed E-state index contributed by atoms with van der Waals surface area (Å²) in [7, 11) is 0. The number of rotatable bonds is 17. The number of hydrogen-bond acceptors (Lipinski definition) is 6. The Morgan fingerprint density at radius 3 is 1.87 bits per heavy atom. The number of nitrogens with zero attached hydrogens (tertiary/aromatic N) is 1. The van der Waals surface area contributed by atoms with Crippen LogP contribution in [0.25, 0.3) is 0 Å². The third-order valence-electron chi connectivity index (χ3n) is 6.05. The maximum Gasteiger partial charge on any atom is 0.243 e. The van der Waals surface area contributed by atoms with Crippen LogP contribution in [0.4, 0.5) is 5.69 Å². The summed E-state index contributed by atoms with van der Waals surface area (Å²) in [6, 6.07) is 14.9. The van der Waals surface area contributed by atoms with Crippen LogP contribution in [0.1, 0.15) is 49.7 Å². The molecule has 0 aromatic heterocycles. The molecule has 2 rings (SSSR count). The topological polar surface area (TPSA) is 204 Å². The molecule has 0 radical (unpaired) electrons. The van der Waals surface area contributed by atoms with Crippen molar-refractivity contribution in [2.45, 2.75) is 63.6 Å². The van der Waals surface area contributed by atoms with E-state index in [1.165, 1.54) is 0 Å². The van der Waals surface area contributed by atoms with E-state index in [1.54, 1.807) is 24.3 Å². The highest BCUT2D eigenvalue weighted by molar-refractivity contribution is 5.92. The lowest BCUT2D eigenvalue weighted by molar-refractivity contribution is -0.132. The lowest BCUT2D eigenvalue weighted by Crippen LogP contribution is -2.53. The molecule has 3 amide bonds. The summed E-state index contributed by atoms with van der Waals surface area (Å²) in [5.41, 5.74) is 24.4. The van der Waals surface area contributed by atoms with Gasteiger partial charge in [0.25, 0.3) is 0 Å². The molecular weight excluding hydrogens is 496 g/mol. The molecule has 2 aromatic rings. The third kappa shape index (κ3) is 12.4. The van der Waals surface area contributed by atoms with Gasteiger partial charge in [-0.3, -0.25) is 14.4 Å². The van der Waals surface area contributed by atoms with Crippen LogP contribution in [-0.4, -0.2) is 48.9 Å². The molecule has 0 spiro atoms. The normalized spacial score (nSPS) is 12.2. The van der Waals surface area contributed by atoms with Gasteiger partial charge in [0.15, 0.2) is 5.96 Å². The van der Waals surface area contributed by atoms with Crippen LogP contribution < -0.4 is 38.9 Å². The van der Waals surface area contributed by atoms with Crippen molar-refractivity contribution in [3.8, 4) is 0 Å². The molecule has 0 aliphatic rings. The predicted molar refractivity (Wildman–Crippen MR) is 154 cm³/mol. The molecule has 11 N–H and O–H groups in total. The largest absolute Gasteiger partial charge is 0.370 e. The average Bonchev–Trinajstić information content (AvgIpc) is 2.91. The summed E-state index contributed by atoms with van der Waals surface area (Å²) in [6.07, 6.45) is 3.78. The van der Waals surface area contributed by atoms with Gasteiger partial charge in [0.2, 0.25) is 17.7 Å². The minimum atomic E-state index is -0.777. The highest BCUT2D eigenvalue weighted by atomic mass is 16.2. The Balaban J connectivity index is 2.04. The van der Waals surface area contributed by atoms with Crippen molar-refractivity contribution < 1.29 is 14.4 Å². The first-order valence-corrected chi connectivity index (χ1v) is 13.3. The standard InChI is InChI=1S/C28H42N8O3/c29-16-6-4-10-23(26(38)33-19-21-12-14-22(15-13-21)34-28(31)32)36-27(39)24(11-5-7-17-30)35-25(37)18-20-8-2-1-3-9-20/h1-3,8-9,12-15,23-24H,4-7,10-11,16-19,29-30H2,(H,33,38)(H,35,37)(H,36,39)(H4,31,32,34)/t23-,24-/m0/s1. The maximum atomic E-state index is 13.3. The molecule has 0 unspecified atom stereocenters. The van der Waals surface area contributed by atoms with Crippen molar-refractivity contribution in [1.82, 2.24) is 16.0 Å². The Hall–Kier alpha value is -3.96. The van der Waals surface area contributed by atoms with Gasteiger partial charge >= 0.3 is 0 Å². The Bertz CT molecular complexity index is 1060. The summed E-state index contributed by atoms with van der Waals surface area (Å²) in [4.78, 5) is 43.0. The van der Waals surface area contributed by atoms with E-state index in [2.05, 4.69) is 20.9 Å². The SMILES string of the molecule is NCCCC[C@H](NC(=O)Cc1ccccc1)C(=O)N[C@@H](CCCCN)C(=O)NCc1ccc(N=C(N)N)cc1. The summed E-state index contributed by atoms with van der Waals surface area (Å²) in [5.74, 6) is -1.01. The van der Waals surface area contributed by atoms with Crippen molar-refractivity contribution >= 4 is 29.4 Å². The van der Waals surface area contributed by atoms with Gasteiger partial charge in [0.1, 0.15) is 12.1 Å². The highest BCUT2D eigenvalue weighted by Crippen LogP contribution is 2.13. The van der Waals surface area contributed by atoms with E-state index in [0.29, 0.717) is 44.5 Å². The molecule has 0 saturated carbocycles. The van der Waals surface area contributed by atoms with Crippen molar-refractivity contribution in [2.24, 2.45) is 27.9 Å². The van der Waals surface area contributed by atoms with Gasteiger partial charge in [-0.25, -0.2) is 4.99 Å². The van der Waals surface area contributed by atoms with E-state index in [-0.39, 0.29) is 30.7 Å². The van der Waals surface area contributed by atoms with Crippen molar-refractivity contribution in [3.05, 3.63) is 65.7 Å². The average molecular weight is 539 g/mol. The van der Waals surface area contributed by atoms with Gasteiger partial charge in [0.05, 0.1) is 12.1 Å². The second-order valence-electron chi connectivity index (χ2n) is 9.33. The number of amides is 3. The van der Waals surface area contributed by atoms with E-state index < -0.39 is 18.0 Å². The van der Waals surface area contributed by atoms with Gasteiger partial charge < -0.3 is 38.9 Å². The molecule has 11 heteroatoms. The zero-order valence-electron chi connectivity index (χ0n) is 22.4. The number of nitrogens with two attached hydrogens (primary N) is 4. The van der Waals surface area contributed by atoms with E-state index in [9.17, 15) is 14.4 Å².